The molecule has 4 atom stereocenters. The summed E-state index contributed by atoms with van der Waals surface area (Å²) in [5.41, 5.74) is 2.19. The van der Waals surface area contributed by atoms with Gasteiger partial charge in [-0.05, 0) is 80.7 Å². The first kappa shape index (κ1) is 28.7. The molecule has 0 aromatic heterocycles. The topological polar surface area (TPSA) is 70.1 Å². The summed E-state index contributed by atoms with van der Waals surface area (Å²) in [4.78, 5) is 30.2. The molecule has 2 saturated carbocycles. The average molecular weight is 547 g/mol. The van der Waals surface area contributed by atoms with Crippen LogP contribution in [0.25, 0.3) is 0 Å². The Morgan fingerprint density at radius 1 is 1.07 bits per heavy atom. The number of hydrogen-bond acceptors (Lipinski definition) is 5. The Kier molecular flexibility index (Phi) is 9.14. The number of benzene rings is 2. The average Bonchev–Trinajstić information content (AvgIpc) is 3.77. The van der Waals surface area contributed by atoms with E-state index in [1.54, 1.807) is 6.07 Å². The van der Waals surface area contributed by atoms with Gasteiger partial charge in [-0.25, -0.2) is 0 Å². The maximum Gasteiger partial charge on any atom is 0.302 e. The number of amides is 1. The van der Waals surface area contributed by atoms with Crippen molar-refractivity contribution in [1.29, 1.82) is 0 Å². The van der Waals surface area contributed by atoms with Gasteiger partial charge in [0, 0.05) is 57.3 Å². The molecule has 40 heavy (non-hydrogen) atoms. The molecule has 1 saturated heterocycles. The first-order valence-electron chi connectivity index (χ1n) is 15.3. The number of aromatic hydroxyl groups is 1. The van der Waals surface area contributed by atoms with E-state index in [1.807, 2.05) is 30.1 Å². The number of esters is 1. The van der Waals surface area contributed by atoms with E-state index in [4.69, 9.17) is 4.74 Å². The second-order valence-corrected chi connectivity index (χ2v) is 12.6. The molecule has 2 aromatic carbocycles. The Hall–Kier alpha value is -2.86. The first-order valence-corrected chi connectivity index (χ1v) is 15.3. The van der Waals surface area contributed by atoms with E-state index >= 15 is 0 Å². The molecule has 0 radical (unpaired) electrons. The highest BCUT2D eigenvalue weighted by Crippen LogP contribution is 2.52. The van der Waals surface area contributed by atoms with Crippen molar-refractivity contribution in [3.8, 4) is 5.75 Å². The van der Waals surface area contributed by atoms with Crippen molar-refractivity contribution in [3.63, 3.8) is 0 Å². The van der Waals surface area contributed by atoms with E-state index < -0.39 is 0 Å². The fourth-order valence-electron chi connectivity index (χ4n) is 7.32. The van der Waals surface area contributed by atoms with Gasteiger partial charge in [0.1, 0.15) is 11.9 Å². The molecule has 1 unspecified atom stereocenters. The summed E-state index contributed by atoms with van der Waals surface area (Å²) in [5, 5.41) is 10.4. The zero-order valence-corrected chi connectivity index (χ0v) is 24.3. The van der Waals surface area contributed by atoms with Crippen LogP contribution in [0, 0.1) is 11.8 Å². The molecule has 6 nitrogen and oxygen atoms in total. The highest BCUT2D eigenvalue weighted by molar-refractivity contribution is 5.76. The number of phenolic OH excluding ortho intramolecular Hbond substituents is 1. The van der Waals surface area contributed by atoms with Crippen LogP contribution < -0.4 is 0 Å². The van der Waals surface area contributed by atoms with Gasteiger partial charge in [-0.2, -0.15) is 0 Å². The van der Waals surface area contributed by atoms with Crippen LogP contribution in [0.2, 0.25) is 0 Å². The Morgan fingerprint density at radius 3 is 2.60 bits per heavy atom. The third kappa shape index (κ3) is 6.88. The van der Waals surface area contributed by atoms with Crippen LogP contribution in [0.3, 0.4) is 0 Å². The number of carbonyl (C=O) groups excluding carboxylic acids is 2. The zero-order chi connectivity index (χ0) is 28.1. The standard InChI is InChI=1S/C34H46N2O4/c1-25(37)40-32-21-29(35(2)33(39)15-8-4-7-12-26-10-5-3-6-11-26)22-34(28-13-9-14-30(38)20-28)18-19-36(24-31(32)34)23-27-16-17-27/h3,5-6,9-11,13-14,20,27,29,31-32,38H,4,7-8,12,15-19,21-24H2,1-2H3/t29-,31+,32?,34+/m1/s1. The van der Waals surface area contributed by atoms with Gasteiger partial charge in [-0.15, -0.1) is 0 Å². The minimum absolute atomic E-state index is 0.0188. The number of piperidine rings is 1. The number of hydrogen-bond donors (Lipinski definition) is 1. The van der Waals surface area contributed by atoms with Gasteiger partial charge in [0.25, 0.3) is 0 Å². The quantitative estimate of drug-likeness (QED) is 0.289. The maximum atomic E-state index is 13.4. The molecule has 2 aromatic rings. The van der Waals surface area contributed by atoms with Gasteiger partial charge >= 0.3 is 5.97 Å². The van der Waals surface area contributed by atoms with Crippen molar-refractivity contribution in [1.82, 2.24) is 9.80 Å². The summed E-state index contributed by atoms with van der Waals surface area (Å²) in [5.74, 6) is 1.10. The van der Waals surface area contributed by atoms with Crippen LogP contribution in [-0.4, -0.2) is 65.6 Å². The zero-order valence-electron chi connectivity index (χ0n) is 24.3. The number of unbranched alkanes of at least 4 members (excludes halogenated alkanes) is 2. The third-order valence-corrected chi connectivity index (χ3v) is 9.68. The fraction of sp³-hybridized carbons (Fsp3) is 0.588. The van der Waals surface area contributed by atoms with Gasteiger partial charge in [-0.3, -0.25) is 9.59 Å². The van der Waals surface area contributed by atoms with Crippen LogP contribution in [0.5, 0.6) is 5.75 Å². The number of nitrogens with zero attached hydrogens (tertiary/aromatic N) is 2. The summed E-state index contributed by atoms with van der Waals surface area (Å²) in [7, 11) is 1.93. The number of phenols is 1. The monoisotopic (exact) mass is 546 g/mol. The number of aryl methyl sites for hydroxylation is 1. The smallest absolute Gasteiger partial charge is 0.302 e. The van der Waals surface area contributed by atoms with Crippen LogP contribution >= 0.6 is 0 Å². The third-order valence-electron chi connectivity index (χ3n) is 9.68. The SMILES string of the molecule is CC(=O)OC1C[C@@H](N(C)C(=O)CCCCCc2ccccc2)C[C@]2(c3cccc(O)c3)CCN(CC3CC3)C[C@@H]12. The first-order chi connectivity index (χ1) is 19.3. The lowest BCUT2D eigenvalue weighted by molar-refractivity contribution is -0.160. The number of ether oxygens (including phenoxy) is 1. The molecular weight excluding hydrogens is 500 g/mol. The minimum Gasteiger partial charge on any atom is -0.508 e. The van der Waals surface area contributed by atoms with Crippen LogP contribution in [0.1, 0.15) is 75.8 Å². The molecule has 1 amide bonds. The molecule has 1 heterocycles. The van der Waals surface area contributed by atoms with Crippen LogP contribution in [-0.2, 0) is 26.2 Å². The lowest BCUT2D eigenvalue weighted by Crippen LogP contribution is -2.61. The molecule has 3 aliphatic rings. The highest BCUT2D eigenvalue weighted by atomic mass is 16.5. The summed E-state index contributed by atoms with van der Waals surface area (Å²) < 4.78 is 6.06. The molecule has 5 rings (SSSR count). The predicted molar refractivity (Wildman–Crippen MR) is 157 cm³/mol. The number of likely N-dealkylation sites (tertiary alicyclic amines) is 1. The van der Waals surface area contributed by atoms with Crippen LogP contribution in [0.15, 0.2) is 54.6 Å². The van der Waals surface area contributed by atoms with Crippen molar-refractivity contribution in [3.05, 3.63) is 65.7 Å². The van der Waals surface area contributed by atoms with Gasteiger partial charge in [0.15, 0.2) is 0 Å². The van der Waals surface area contributed by atoms with Crippen LogP contribution in [0.4, 0.5) is 0 Å². The van der Waals surface area contributed by atoms with E-state index in [9.17, 15) is 14.7 Å². The number of rotatable bonds is 11. The highest BCUT2D eigenvalue weighted by Gasteiger charge is 2.54. The predicted octanol–water partition coefficient (Wildman–Crippen LogP) is 5.72. The second kappa shape index (κ2) is 12.8. The second-order valence-electron chi connectivity index (χ2n) is 12.6. The van der Waals surface area contributed by atoms with Crippen molar-refractivity contribution in [2.24, 2.45) is 11.8 Å². The Morgan fingerprint density at radius 2 is 1.88 bits per heavy atom. The van der Waals surface area contributed by atoms with Gasteiger partial charge < -0.3 is 19.6 Å². The van der Waals surface area contributed by atoms with E-state index in [-0.39, 0.29) is 41.1 Å². The molecule has 1 N–H and O–H groups in total. The normalized spacial score (nSPS) is 26.6. The molecular formula is C34H46N2O4. The summed E-state index contributed by atoms with van der Waals surface area (Å²) >= 11 is 0. The number of carbonyl (C=O) groups is 2. The molecule has 0 bridgehead atoms. The van der Waals surface area contributed by atoms with E-state index in [2.05, 4.69) is 35.2 Å². The minimum atomic E-state index is -0.262. The summed E-state index contributed by atoms with van der Waals surface area (Å²) in [6.45, 7) is 4.48. The maximum absolute atomic E-state index is 13.4. The molecule has 2 aliphatic carbocycles. The molecule has 0 spiro atoms. The Balaban J connectivity index is 1.29. The lowest BCUT2D eigenvalue weighted by Gasteiger charge is -2.56. The van der Waals surface area contributed by atoms with E-state index in [1.165, 1.54) is 25.3 Å². The van der Waals surface area contributed by atoms with Gasteiger partial charge in [0.05, 0.1) is 0 Å². The molecule has 6 heteroatoms. The van der Waals surface area contributed by atoms with E-state index in [0.29, 0.717) is 12.8 Å². The molecule has 216 valence electrons. The summed E-state index contributed by atoms with van der Waals surface area (Å²) in [6.07, 6.45) is 9.37. The van der Waals surface area contributed by atoms with Crippen molar-refractivity contribution in [2.75, 3.05) is 26.7 Å². The van der Waals surface area contributed by atoms with Crippen molar-refractivity contribution >= 4 is 11.9 Å². The Bertz CT molecular complexity index is 1150. The molecule has 1 aliphatic heterocycles. The molecule has 3 fully saturated rings. The number of fused-ring (bicyclic) bond motifs is 1. The van der Waals surface area contributed by atoms with Crippen molar-refractivity contribution in [2.45, 2.75) is 88.7 Å². The summed E-state index contributed by atoms with van der Waals surface area (Å²) in [6, 6.07) is 18.1. The van der Waals surface area contributed by atoms with Crippen molar-refractivity contribution < 1.29 is 19.4 Å². The fourth-order valence-corrected chi connectivity index (χ4v) is 7.32. The van der Waals surface area contributed by atoms with Gasteiger partial charge in [-0.1, -0.05) is 48.9 Å². The van der Waals surface area contributed by atoms with Gasteiger partial charge in [0.2, 0.25) is 5.91 Å². The van der Waals surface area contributed by atoms with E-state index in [0.717, 1.165) is 69.6 Å². The lowest BCUT2D eigenvalue weighted by atomic mass is 9.56. The largest absolute Gasteiger partial charge is 0.508 e. The Labute approximate surface area is 239 Å².